The largest absolute Gasteiger partial charge is 0.316 e. The van der Waals surface area contributed by atoms with Crippen LogP contribution in [0.15, 0.2) is 12.4 Å². The van der Waals surface area contributed by atoms with Gasteiger partial charge in [0, 0.05) is 37.9 Å². The molecule has 2 saturated heterocycles. The first-order valence-corrected chi connectivity index (χ1v) is 7.10. The predicted octanol–water partition coefficient (Wildman–Crippen LogP) is 1.98. The van der Waals surface area contributed by atoms with Crippen molar-refractivity contribution in [1.82, 2.24) is 20.0 Å². The molecule has 1 aromatic heterocycles. The quantitative estimate of drug-likeness (QED) is 0.921. The number of aryl methyl sites for hydroxylation is 1. The van der Waals surface area contributed by atoms with Crippen molar-refractivity contribution in [3.05, 3.63) is 18.0 Å². The van der Waals surface area contributed by atoms with Crippen molar-refractivity contribution < 1.29 is 0 Å². The fourth-order valence-electron chi connectivity index (χ4n) is 3.50. The number of halogens is 1. The van der Waals surface area contributed by atoms with E-state index in [2.05, 4.69) is 28.4 Å². The Kier molecular flexibility index (Phi) is 4.54. The van der Waals surface area contributed by atoms with E-state index in [-0.39, 0.29) is 12.4 Å². The molecule has 2 aliphatic heterocycles. The summed E-state index contributed by atoms with van der Waals surface area (Å²) < 4.78 is 1.92. The second-order valence-electron chi connectivity index (χ2n) is 6.31. The monoisotopic (exact) mass is 284 g/mol. The van der Waals surface area contributed by atoms with Gasteiger partial charge in [-0.05, 0) is 37.8 Å². The highest BCUT2D eigenvalue weighted by molar-refractivity contribution is 5.85. The molecule has 3 rings (SSSR count). The normalized spacial score (nSPS) is 31.6. The van der Waals surface area contributed by atoms with E-state index in [4.69, 9.17) is 0 Å². The van der Waals surface area contributed by atoms with E-state index in [9.17, 15) is 0 Å². The average molecular weight is 285 g/mol. The molecule has 0 radical (unpaired) electrons. The highest BCUT2D eigenvalue weighted by atomic mass is 35.5. The minimum absolute atomic E-state index is 0. The molecule has 0 saturated carbocycles. The van der Waals surface area contributed by atoms with Crippen molar-refractivity contribution in [2.45, 2.75) is 32.2 Å². The maximum atomic E-state index is 4.32. The van der Waals surface area contributed by atoms with Gasteiger partial charge in [0.1, 0.15) is 0 Å². The summed E-state index contributed by atoms with van der Waals surface area (Å²) in [6, 6.07) is 0.594. The Balaban J connectivity index is 0.00000133. The summed E-state index contributed by atoms with van der Waals surface area (Å²) in [5, 5.41) is 7.82. The summed E-state index contributed by atoms with van der Waals surface area (Å²) >= 11 is 0. The fourth-order valence-corrected chi connectivity index (χ4v) is 3.50. The predicted molar refractivity (Wildman–Crippen MR) is 79.6 cm³/mol. The summed E-state index contributed by atoms with van der Waals surface area (Å²) in [4.78, 5) is 2.67. The topological polar surface area (TPSA) is 33.1 Å². The van der Waals surface area contributed by atoms with Gasteiger partial charge in [0.25, 0.3) is 0 Å². The van der Waals surface area contributed by atoms with Crippen molar-refractivity contribution in [1.29, 1.82) is 0 Å². The molecule has 0 bridgehead atoms. The highest BCUT2D eigenvalue weighted by Gasteiger charge is 2.35. The third-order valence-electron chi connectivity index (χ3n) is 4.52. The molecule has 0 aromatic carbocycles. The summed E-state index contributed by atoms with van der Waals surface area (Å²) in [6.45, 7) is 7.24. The van der Waals surface area contributed by atoms with Gasteiger partial charge in [0.05, 0.1) is 6.20 Å². The van der Waals surface area contributed by atoms with Gasteiger partial charge in [-0.3, -0.25) is 9.58 Å². The van der Waals surface area contributed by atoms with Gasteiger partial charge in [0.15, 0.2) is 0 Å². The van der Waals surface area contributed by atoms with Gasteiger partial charge in [-0.15, -0.1) is 12.4 Å². The molecule has 2 atom stereocenters. The minimum atomic E-state index is 0. The van der Waals surface area contributed by atoms with Gasteiger partial charge >= 0.3 is 0 Å². The zero-order chi connectivity index (χ0) is 12.6. The van der Waals surface area contributed by atoms with Gasteiger partial charge in [0.2, 0.25) is 0 Å². The van der Waals surface area contributed by atoms with Crippen molar-refractivity contribution in [2.75, 3.05) is 26.2 Å². The maximum Gasteiger partial charge on any atom is 0.0537 e. The molecule has 2 fully saturated rings. The minimum Gasteiger partial charge on any atom is -0.316 e. The van der Waals surface area contributed by atoms with Crippen LogP contribution in [0.5, 0.6) is 0 Å². The van der Waals surface area contributed by atoms with Gasteiger partial charge in [-0.1, -0.05) is 6.92 Å². The van der Waals surface area contributed by atoms with Crippen LogP contribution in [0, 0.1) is 5.41 Å². The van der Waals surface area contributed by atoms with Crippen molar-refractivity contribution in [2.24, 2.45) is 12.5 Å². The Labute approximate surface area is 122 Å². The summed E-state index contributed by atoms with van der Waals surface area (Å²) in [5.41, 5.74) is 1.86. The van der Waals surface area contributed by atoms with Crippen LogP contribution in [0.1, 0.15) is 37.8 Å². The zero-order valence-electron chi connectivity index (χ0n) is 11.9. The van der Waals surface area contributed by atoms with Gasteiger partial charge in [-0.25, -0.2) is 0 Å². The number of likely N-dealkylation sites (tertiary alicyclic amines) is 1. The molecule has 0 spiro atoms. The molecule has 108 valence electrons. The molecule has 2 unspecified atom stereocenters. The first-order chi connectivity index (χ1) is 8.66. The standard InChI is InChI=1S/C14H24N4.ClH/c1-14(5-6-15-10-14)11-18-7-3-4-13(18)12-8-16-17(2)9-12;/h8-9,13,15H,3-7,10-11H2,1-2H3;1H. The molecule has 19 heavy (non-hydrogen) atoms. The van der Waals surface area contributed by atoms with E-state index < -0.39 is 0 Å². The van der Waals surface area contributed by atoms with Crippen LogP contribution in [0.25, 0.3) is 0 Å². The van der Waals surface area contributed by atoms with Crippen LogP contribution in [0.3, 0.4) is 0 Å². The third kappa shape index (κ3) is 3.12. The first-order valence-electron chi connectivity index (χ1n) is 7.10. The molecule has 2 aliphatic rings. The lowest BCUT2D eigenvalue weighted by molar-refractivity contribution is 0.165. The average Bonchev–Trinajstić information content (AvgIpc) is 3.01. The number of aromatic nitrogens is 2. The van der Waals surface area contributed by atoms with E-state index in [1.165, 1.54) is 51.0 Å². The van der Waals surface area contributed by atoms with Crippen molar-refractivity contribution in [3.63, 3.8) is 0 Å². The first kappa shape index (κ1) is 14.8. The summed E-state index contributed by atoms with van der Waals surface area (Å²) in [7, 11) is 2.00. The molecule has 5 heteroatoms. The SMILES string of the molecule is Cl.Cn1cc(C2CCCN2CC2(C)CCNC2)cn1. The van der Waals surface area contributed by atoms with E-state index in [0.29, 0.717) is 11.5 Å². The number of rotatable bonds is 3. The van der Waals surface area contributed by atoms with E-state index in [1.807, 2.05) is 17.9 Å². The number of hydrogen-bond acceptors (Lipinski definition) is 3. The van der Waals surface area contributed by atoms with Crippen LogP contribution in [0.2, 0.25) is 0 Å². The fraction of sp³-hybridized carbons (Fsp3) is 0.786. The Morgan fingerprint density at radius 2 is 2.37 bits per heavy atom. The Bertz CT molecular complexity index is 411. The molecule has 1 N–H and O–H groups in total. The number of nitrogens with zero attached hydrogens (tertiary/aromatic N) is 3. The van der Waals surface area contributed by atoms with E-state index in [1.54, 1.807) is 0 Å². The van der Waals surface area contributed by atoms with Crippen LogP contribution in [-0.2, 0) is 7.05 Å². The highest BCUT2D eigenvalue weighted by Crippen LogP contribution is 2.36. The molecule has 0 amide bonds. The van der Waals surface area contributed by atoms with Crippen LogP contribution < -0.4 is 5.32 Å². The maximum absolute atomic E-state index is 4.32. The van der Waals surface area contributed by atoms with Crippen LogP contribution >= 0.6 is 12.4 Å². The van der Waals surface area contributed by atoms with Crippen molar-refractivity contribution in [3.8, 4) is 0 Å². The Hall–Kier alpha value is -0.580. The van der Waals surface area contributed by atoms with E-state index in [0.717, 1.165) is 0 Å². The second kappa shape index (κ2) is 5.81. The van der Waals surface area contributed by atoms with Gasteiger partial charge in [-0.2, -0.15) is 5.10 Å². The molecule has 1 aromatic rings. The lowest BCUT2D eigenvalue weighted by Gasteiger charge is -2.32. The van der Waals surface area contributed by atoms with Crippen LogP contribution in [0.4, 0.5) is 0 Å². The lowest BCUT2D eigenvalue weighted by atomic mass is 9.88. The van der Waals surface area contributed by atoms with Crippen molar-refractivity contribution >= 4 is 12.4 Å². The van der Waals surface area contributed by atoms with E-state index >= 15 is 0 Å². The lowest BCUT2D eigenvalue weighted by Crippen LogP contribution is -2.37. The Morgan fingerprint density at radius 3 is 3.00 bits per heavy atom. The second-order valence-corrected chi connectivity index (χ2v) is 6.31. The smallest absolute Gasteiger partial charge is 0.0537 e. The Morgan fingerprint density at radius 1 is 1.53 bits per heavy atom. The zero-order valence-corrected chi connectivity index (χ0v) is 12.7. The third-order valence-corrected chi connectivity index (χ3v) is 4.52. The van der Waals surface area contributed by atoms with Crippen LogP contribution in [-0.4, -0.2) is 40.9 Å². The number of nitrogens with one attached hydrogen (secondary N) is 1. The summed E-state index contributed by atoms with van der Waals surface area (Å²) in [5.74, 6) is 0. The summed E-state index contributed by atoms with van der Waals surface area (Å²) in [6.07, 6.45) is 8.14. The molecule has 4 nitrogen and oxygen atoms in total. The molecular formula is C14H25ClN4. The molecule has 3 heterocycles. The number of hydrogen-bond donors (Lipinski definition) is 1. The van der Waals surface area contributed by atoms with Gasteiger partial charge < -0.3 is 5.32 Å². The molecular weight excluding hydrogens is 260 g/mol. The molecule has 0 aliphatic carbocycles.